The van der Waals surface area contributed by atoms with Crippen LogP contribution in [0.2, 0.25) is 5.15 Å². The highest BCUT2D eigenvalue weighted by Crippen LogP contribution is 2.05. The number of ether oxygens (including phenoxy) is 1. The second-order valence-corrected chi connectivity index (χ2v) is 3.57. The molecular formula is C10H14ClN3O. The highest BCUT2D eigenvalue weighted by Gasteiger charge is 1.94. The Balaban J connectivity index is 2.15. The van der Waals surface area contributed by atoms with Crippen molar-refractivity contribution in [1.82, 2.24) is 10.2 Å². The molecule has 1 aromatic heterocycles. The highest BCUT2D eigenvalue weighted by molar-refractivity contribution is 6.29. The Labute approximate surface area is 94.3 Å². The van der Waals surface area contributed by atoms with Crippen LogP contribution in [-0.2, 0) is 4.74 Å². The highest BCUT2D eigenvalue weighted by atomic mass is 35.5. The van der Waals surface area contributed by atoms with Gasteiger partial charge in [0, 0.05) is 6.54 Å². The van der Waals surface area contributed by atoms with Gasteiger partial charge in [-0.3, -0.25) is 0 Å². The van der Waals surface area contributed by atoms with Crippen LogP contribution in [0, 0.1) is 0 Å². The number of anilines is 1. The largest absolute Gasteiger partial charge is 0.375 e. The molecule has 4 nitrogen and oxygen atoms in total. The minimum absolute atomic E-state index is 0.388. The van der Waals surface area contributed by atoms with Gasteiger partial charge < -0.3 is 10.1 Å². The van der Waals surface area contributed by atoms with E-state index >= 15 is 0 Å². The van der Waals surface area contributed by atoms with Crippen LogP contribution in [0.15, 0.2) is 24.3 Å². The number of nitrogens with zero attached hydrogens (tertiary/aromatic N) is 2. The summed E-state index contributed by atoms with van der Waals surface area (Å²) >= 11 is 5.59. The molecule has 0 fully saturated rings. The fourth-order valence-corrected chi connectivity index (χ4v) is 1.01. The van der Waals surface area contributed by atoms with Crippen molar-refractivity contribution in [3.05, 3.63) is 29.4 Å². The molecule has 0 saturated heterocycles. The van der Waals surface area contributed by atoms with E-state index in [4.69, 9.17) is 16.3 Å². The minimum Gasteiger partial charge on any atom is -0.375 e. The van der Waals surface area contributed by atoms with Crippen LogP contribution in [0.1, 0.15) is 6.92 Å². The minimum atomic E-state index is 0.388. The number of rotatable bonds is 6. The van der Waals surface area contributed by atoms with Crippen LogP contribution in [0.5, 0.6) is 0 Å². The van der Waals surface area contributed by atoms with E-state index in [1.807, 2.05) is 6.92 Å². The Morgan fingerprint density at radius 2 is 2.33 bits per heavy atom. The molecule has 1 rings (SSSR count). The van der Waals surface area contributed by atoms with Crippen LogP contribution in [-0.4, -0.2) is 30.0 Å². The van der Waals surface area contributed by atoms with Crippen LogP contribution in [0.3, 0.4) is 0 Å². The number of nitrogens with one attached hydrogen (secondary N) is 1. The third-order valence-corrected chi connectivity index (χ3v) is 1.73. The fraction of sp³-hybridized carbons (Fsp3) is 0.400. The molecule has 0 aliphatic rings. The van der Waals surface area contributed by atoms with E-state index in [0.717, 1.165) is 5.57 Å². The molecule has 0 unspecified atom stereocenters. The molecule has 15 heavy (non-hydrogen) atoms. The maximum absolute atomic E-state index is 5.59. The van der Waals surface area contributed by atoms with E-state index < -0.39 is 0 Å². The van der Waals surface area contributed by atoms with E-state index in [1.165, 1.54) is 0 Å². The van der Waals surface area contributed by atoms with E-state index in [2.05, 4.69) is 22.1 Å². The van der Waals surface area contributed by atoms with Crippen LogP contribution in [0.4, 0.5) is 5.82 Å². The van der Waals surface area contributed by atoms with Crippen molar-refractivity contribution in [2.24, 2.45) is 0 Å². The zero-order chi connectivity index (χ0) is 11.1. The molecule has 1 aromatic rings. The first-order chi connectivity index (χ1) is 7.18. The Hall–Kier alpha value is -1.13. The molecule has 1 heterocycles. The first-order valence-corrected chi connectivity index (χ1v) is 5.01. The Kier molecular flexibility index (Phi) is 5.07. The molecule has 82 valence electrons. The average molecular weight is 228 g/mol. The molecule has 0 radical (unpaired) electrons. The molecular weight excluding hydrogens is 214 g/mol. The summed E-state index contributed by atoms with van der Waals surface area (Å²) in [7, 11) is 0. The van der Waals surface area contributed by atoms with Crippen molar-refractivity contribution < 1.29 is 4.74 Å². The lowest BCUT2D eigenvalue weighted by Gasteiger charge is -2.05. The van der Waals surface area contributed by atoms with Gasteiger partial charge in [-0.2, -0.15) is 0 Å². The smallest absolute Gasteiger partial charge is 0.151 e. The van der Waals surface area contributed by atoms with Gasteiger partial charge in [0.15, 0.2) is 5.15 Å². The molecule has 0 aliphatic heterocycles. The molecule has 1 N–H and O–H groups in total. The summed E-state index contributed by atoms with van der Waals surface area (Å²) in [6.07, 6.45) is 0. The Morgan fingerprint density at radius 3 is 2.93 bits per heavy atom. The van der Waals surface area contributed by atoms with Crippen molar-refractivity contribution in [1.29, 1.82) is 0 Å². The quantitative estimate of drug-likeness (QED) is 0.598. The van der Waals surface area contributed by atoms with Gasteiger partial charge in [0.1, 0.15) is 5.82 Å². The fourth-order valence-electron chi connectivity index (χ4n) is 0.908. The summed E-state index contributed by atoms with van der Waals surface area (Å²) in [5, 5.41) is 11.0. The number of halogens is 1. The molecule has 0 aliphatic carbocycles. The van der Waals surface area contributed by atoms with Crippen LogP contribution < -0.4 is 5.32 Å². The maximum Gasteiger partial charge on any atom is 0.151 e. The van der Waals surface area contributed by atoms with E-state index in [1.54, 1.807) is 12.1 Å². The summed E-state index contributed by atoms with van der Waals surface area (Å²) in [6.45, 7) is 7.55. The lowest BCUT2D eigenvalue weighted by molar-refractivity contribution is 0.167. The maximum atomic E-state index is 5.59. The molecule has 0 aromatic carbocycles. The summed E-state index contributed by atoms with van der Waals surface area (Å²) < 4.78 is 5.30. The molecule has 0 atom stereocenters. The number of aromatic nitrogens is 2. The van der Waals surface area contributed by atoms with E-state index in [9.17, 15) is 0 Å². The Morgan fingerprint density at radius 1 is 1.53 bits per heavy atom. The van der Waals surface area contributed by atoms with Crippen molar-refractivity contribution in [3.8, 4) is 0 Å². The summed E-state index contributed by atoms with van der Waals surface area (Å²) in [4.78, 5) is 0. The van der Waals surface area contributed by atoms with Gasteiger partial charge in [-0.1, -0.05) is 23.8 Å². The molecule has 0 saturated carbocycles. The predicted octanol–water partition coefficient (Wildman–Crippen LogP) is 2.13. The zero-order valence-corrected chi connectivity index (χ0v) is 9.42. The van der Waals surface area contributed by atoms with Gasteiger partial charge in [0.25, 0.3) is 0 Å². The number of hydrogen-bond donors (Lipinski definition) is 1. The van der Waals surface area contributed by atoms with Gasteiger partial charge >= 0.3 is 0 Å². The van der Waals surface area contributed by atoms with Gasteiger partial charge in [0.2, 0.25) is 0 Å². The lowest BCUT2D eigenvalue weighted by atomic mass is 10.4. The lowest BCUT2D eigenvalue weighted by Crippen LogP contribution is -2.11. The first kappa shape index (κ1) is 11.9. The second kappa shape index (κ2) is 6.37. The molecule has 0 amide bonds. The van der Waals surface area contributed by atoms with Gasteiger partial charge in [-0.25, -0.2) is 0 Å². The van der Waals surface area contributed by atoms with Gasteiger partial charge in [-0.05, 0) is 19.1 Å². The van der Waals surface area contributed by atoms with Crippen molar-refractivity contribution in [2.75, 3.05) is 25.1 Å². The standard InChI is InChI=1S/C10H14ClN3O/c1-8(2)7-15-6-5-12-10-4-3-9(11)13-14-10/h3-4H,1,5-7H2,2H3,(H,12,14). The third kappa shape index (κ3) is 5.34. The first-order valence-electron chi connectivity index (χ1n) is 4.63. The van der Waals surface area contributed by atoms with Crippen molar-refractivity contribution in [2.45, 2.75) is 6.92 Å². The van der Waals surface area contributed by atoms with E-state index in [0.29, 0.717) is 30.7 Å². The Bertz CT molecular complexity index is 313. The topological polar surface area (TPSA) is 47.0 Å². The summed E-state index contributed by atoms with van der Waals surface area (Å²) in [5.41, 5.74) is 1.02. The normalized spacial score (nSPS) is 10.0. The van der Waals surface area contributed by atoms with Crippen LogP contribution >= 0.6 is 11.6 Å². The SMILES string of the molecule is C=C(C)COCCNc1ccc(Cl)nn1. The van der Waals surface area contributed by atoms with Crippen molar-refractivity contribution in [3.63, 3.8) is 0 Å². The molecule has 0 spiro atoms. The zero-order valence-electron chi connectivity index (χ0n) is 8.66. The predicted molar refractivity (Wildman–Crippen MR) is 61.2 cm³/mol. The molecule has 0 bridgehead atoms. The average Bonchev–Trinajstić information content (AvgIpc) is 2.20. The summed E-state index contributed by atoms with van der Waals surface area (Å²) in [6, 6.07) is 3.46. The van der Waals surface area contributed by atoms with E-state index in [-0.39, 0.29) is 0 Å². The van der Waals surface area contributed by atoms with Gasteiger partial charge in [-0.15, -0.1) is 10.2 Å². The number of hydrogen-bond acceptors (Lipinski definition) is 4. The van der Waals surface area contributed by atoms with Gasteiger partial charge in [0.05, 0.1) is 13.2 Å². The second-order valence-electron chi connectivity index (χ2n) is 3.18. The summed E-state index contributed by atoms with van der Waals surface area (Å²) in [5.74, 6) is 0.693. The monoisotopic (exact) mass is 227 g/mol. The molecule has 5 heteroatoms. The third-order valence-electron chi connectivity index (χ3n) is 1.53. The van der Waals surface area contributed by atoms with Crippen molar-refractivity contribution >= 4 is 17.4 Å². The van der Waals surface area contributed by atoms with Crippen LogP contribution in [0.25, 0.3) is 0 Å².